The van der Waals surface area contributed by atoms with Crippen LogP contribution in [0.4, 0.5) is 0 Å². The molecular weight excluding hydrogens is 220 g/mol. The van der Waals surface area contributed by atoms with Gasteiger partial charge in [0.25, 0.3) is 5.91 Å². The first kappa shape index (κ1) is 12.1. The van der Waals surface area contributed by atoms with Crippen LogP contribution < -0.4 is 5.73 Å². The van der Waals surface area contributed by atoms with Crippen molar-refractivity contribution < 1.29 is 9.90 Å². The van der Waals surface area contributed by atoms with Crippen molar-refractivity contribution in [3.63, 3.8) is 0 Å². The second-order valence-corrected chi connectivity index (χ2v) is 4.67. The van der Waals surface area contributed by atoms with Crippen molar-refractivity contribution in [3.8, 4) is 0 Å². The first-order valence-electron chi connectivity index (χ1n) is 5.70. The highest BCUT2D eigenvalue weighted by molar-refractivity contribution is 5.93. The van der Waals surface area contributed by atoms with Crippen LogP contribution in [0.1, 0.15) is 34.9 Å². The number of hydrogen-bond donors (Lipinski definition) is 2. The third-order valence-corrected chi connectivity index (χ3v) is 3.10. The zero-order valence-electron chi connectivity index (χ0n) is 10.1. The Kier molecular flexibility index (Phi) is 3.17. The molecule has 2 rings (SSSR count). The lowest BCUT2D eigenvalue weighted by Gasteiger charge is -2.31. The van der Waals surface area contributed by atoms with E-state index in [1.54, 1.807) is 18.8 Å². The molecule has 1 saturated carbocycles. The number of nitrogens with zero attached hydrogens (tertiary/aromatic N) is 3. The average molecular weight is 238 g/mol. The van der Waals surface area contributed by atoms with E-state index in [1.165, 1.54) is 4.90 Å². The highest BCUT2D eigenvalue weighted by Gasteiger charge is 2.30. The van der Waals surface area contributed by atoms with E-state index in [0.29, 0.717) is 25.1 Å². The number of amides is 1. The van der Waals surface area contributed by atoms with E-state index in [0.717, 1.165) is 5.56 Å². The summed E-state index contributed by atoms with van der Waals surface area (Å²) in [6, 6.07) is 0.194. The molecule has 1 aliphatic rings. The quantitative estimate of drug-likeness (QED) is 0.760. The minimum absolute atomic E-state index is 0.135. The molecule has 0 saturated heterocycles. The first-order valence-corrected chi connectivity index (χ1v) is 5.70. The van der Waals surface area contributed by atoms with Crippen molar-refractivity contribution in [2.24, 2.45) is 5.73 Å². The second kappa shape index (κ2) is 4.46. The van der Waals surface area contributed by atoms with Crippen LogP contribution in [-0.2, 0) is 6.54 Å². The normalized spacial score (nSPS) is 23.3. The fourth-order valence-corrected chi connectivity index (χ4v) is 1.93. The predicted octanol–water partition coefficient (Wildman–Crippen LogP) is -0.261. The van der Waals surface area contributed by atoms with Gasteiger partial charge in [-0.3, -0.25) is 9.48 Å². The number of nitrogens with two attached hydrogens (primary N) is 1. The smallest absolute Gasteiger partial charge is 0.274 e. The monoisotopic (exact) mass is 238 g/mol. The number of rotatable bonds is 3. The maximum atomic E-state index is 11.9. The summed E-state index contributed by atoms with van der Waals surface area (Å²) in [5, 5.41) is 13.6. The molecule has 3 N–H and O–H groups in total. The Morgan fingerprint density at radius 3 is 2.76 bits per heavy atom. The summed E-state index contributed by atoms with van der Waals surface area (Å²) in [6.45, 7) is 0.296. The molecule has 1 aromatic heterocycles. The van der Waals surface area contributed by atoms with Crippen molar-refractivity contribution >= 4 is 5.91 Å². The van der Waals surface area contributed by atoms with Crippen LogP contribution in [0.5, 0.6) is 0 Å². The number of carbonyl (C=O) groups excluding carboxylic acids is 1. The molecule has 6 nitrogen and oxygen atoms in total. The van der Waals surface area contributed by atoms with Crippen molar-refractivity contribution in [1.82, 2.24) is 14.7 Å². The average Bonchev–Trinajstić information content (AvgIpc) is 2.66. The summed E-state index contributed by atoms with van der Waals surface area (Å²) in [5.41, 5.74) is 6.79. The standard InChI is InChI=1S/C11H18N4O2/c1-14(2)11(17)10-7(5-12)6-15(13-10)8-3-9(16)4-8/h6,8-9,16H,3-5,12H2,1-2H3. The van der Waals surface area contributed by atoms with E-state index in [1.807, 2.05) is 6.20 Å². The van der Waals surface area contributed by atoms with Crippen molar-refractivity contribution in [2.45, 2.75) is 31.5 Å². The molecule has 1 heterocycles. The van der Waals surface area contributed by atoms with E-state index in [-0.39, 0.29) is 18.1 Å². The minimum atomic E-state index is -0.237. The molecule has 94 valence electrons. The molecule has 0 radical (unpaired) electrons. The first-order chi connectivity index (χ1) is 8.02. The molecule has 0 aromatic carbocycles. The number of hydrogen-bond acceptors (Lipinski definition) is 4. The zero-order valence-corrected chi connectivity index (χ0v) is 10.1. The van der Waals surface area contributed by atoms with Gasteiger partial charge in [-0.15, -0.1) is 0 Å². The van der Waals surface area contributed by atoms with Crippen LogP contribution in [0.15, 0.2) is 6.20 Å². The van der Waals surface area contributed by atoms with Gasteiger partial charge in [0.15, 0.2) is 5.69 Å². The molecule has 1 aromatic rings. The molecule has 0 atom stereocenters. The van der Waals surface area contributed by atoms with Gasteiger partial charge in [0, 0.05) is 32.4 Å². The Bertz CT molecular complexity index is 421. The van der Waals surface area contributed by atoms with Gasteiger partial charge in [-0.1, -0.05) is 0 Å². The SMILES string of the molecule is CN(C)C(=O)c1nn(C2CC(O)C2)cc1CN. The van der Waals surface area contributed by atoms with Crippen LogP contribution in [0.3, 0.4) is 0 Å². The molecule has 0 aliphatic heterocycles. The van der Waals surface area contributed by atoms with Crippen LogP contribution in [0.2, 0.25) is 0 Å². The Morgan fingerprint density at radius 2 is 2.29 bits per heavy atom. The Labute approximate surface area is 100 Å². The van der Waals surface area contributed by atoms with Gasteiger partial charge < -0.3 is 15.7 Å². The summed E-state index contributed by atoms with van der Waals surface area (Å²) in [5.74, 6) is -0.135. The number of aliphatic hydroxyl groups is 1. The van der Waals surface area contributed by atoms with Gasteiger partial charge in [0.1, 0.15) is 0 Å². The Hall–Kier alpha value is -1.40. The number of aromatic nitrogens is 2. The van der Waals surface area contributed by atoms with Gasteiger partial charge in [-0.25, -0.2) is 0 Å². The molecule has 0 unspecified atom stereocenters. The van der Waals surface area contributed by atoms with Crippen molar-refractivity contribution in [1.29, 1.82) is 0 Å². The fraction of sp³-hybridized carbons (Fsp3) is 0.636. The van der Waals surface area contributed by atoms with E-state index < -0.39 is 0 Å². The van der Waals surface area contributed by atoms with Gasteiger partial charge in [0.05, 0.1) is 12.1 Å². The molecule has 6 heteroatoms. The lowest BCUT2D eigenvalue weighted by molar-refractivity contribution is 0.0431. The van der Waals surface area contributed by atoms with E-state index in [2.05, 4.69) is 5.10 Å². The molecule has 1 fully saturated rings. The molecule has 0 bridgehead atoms. The van der Waals surface area contributed by atoms with Gasteiger partial charge >= 0.3 is 0 Å². The van der Waals surface area contributed by atoms with Crippen LogP contribution in [0.25, 0.3) is 0 Å². The summed E-state index contributed by atoms with van der Waals surface area (Å²) >= 11 is 0. The molecule has 0 spiro atoms. The summed E-state index contributed by atoms with van der Waals surface area (Å²) < 4.78 is 1.76. The zero-order chi connectivity index (χ0) is 12.6. The Balaban J connectivity index is 2.24. The topological polar surface area (TPSA) is 84.4 Å². The van der Waals surface area contributed by atoms with Gasteiger partial charge in [-0.2, -0.15) is 5.10 Å². The predicted molar refractivity (Wildman–Crippen MR) is 62.4 cm³/mol. The lowest BCUT2D eigenvalue weighted by atomic mass is 9.90. The van der Waals surface area contributed by atoms with E-state index in [9.17, 15) is 9.90 Å². The van der Waals surface area contributed by atoms with Crippen LogP contribution in [-0.4, -0.2) is 45.9 Å². The van der Waals surface area contributed by atoms with Gasteiger partial charge in [-0.05, 0) is 12.8 Å². The largest absolute Gasteiger partial charge is 0.393 e. The van der Waals surface area contributed by atoms with Crippen molar-refractivity contribution in [3.05, 3.63) is 17.5 Å². The van der Waals surface area contributed by atoms with Crippen LogP contribution in [0, 0.1) is 0 Å². The molecular formula is C11H18N4O2. The summed E-state index contributed by atoms with van der Waals surface area (Å²) in [4.78, 5) is 13.4. The lowest BCUT2D eigenvalue weighted by Crippen LogP contribution is -2.31. The highest BCUT2D eigenvalue weighted by Crippen LogP contribution is 2.32. The third kappa shape index (κ3) is 2.18. The van der Waals surface area contributed by atoms with Crippen LogP contribution >= 0.6 is 0 Å². The maximum Gasteiger partial charge on any atom is 0.274 e. The molecule has 1 amide bonds. The maximum absolute atomic E-state index is 11.9. The molecule has 1 aliphatic carbocycles. The summed E-state index contributed by atoms with van der Waals surface area (Å²) in [7, 11) is 3.38. The number of aliphatic hydroxyl groups excluding tert-OH is 1. The second-order valence-electron chi connectivity index (χ2n) is 4.67. The third-order valence-electron chi connectivity index (χ3n) is 3.10. The summed E-state index contributed by atoms with van der Waals surface area (Å²) in [6.07, 6.45) is 2.97. The van der Waals surface area contributed by atoms with E-state index in [4.69, 9.17) is 5.73 Å². The number of carbonyl (C=O) groups is 1. The highest BCUT2D eigenvalue weighted by atomic mass is 16.3. The fourth-order valence-electron chi connectivity index (χ4n) is 1.93. The molecule has 17 heavy (non-hydrogen) atoms. The van der Waals surface area contributed by atoms with Gasteiger partial charge in [0.2, 0.25) is 0 Å². The minimum Gasteiger partial charge on any atom is -0.393 e. The Morgan fingerprint density at radius 1 is 1.65 bits per heavy atom. The van der Waals surface area contributed by atoms with E-state index >= 15 is 0 Å². The van der Waals surface area contributed by atoms with Crippen molar-refractivity contribution in [2.75, 3.05) is 14.1 Å².